The molecule has 0 saturated carbocycles. The maximum Gasteiger partial charge on any atom is 0.267 e. The molecular weight excluding hydrogens is 258 g/mol. The Balaban J connectivity index is 2.04. The Hall–Kier alpha value is -1.60. The van der Waals surface area contributed by atoms with Crippen LogP contribution in [0.25, 0.3) is 10.6 Å². The third-order valence-corrected chi connectivity index (χ3v) is 3.09. The first-order chi connectivity index (χ1) is 8.29. The van der Waals surface area contributed by atoms with Crippen molar-refractivity contribution >= 4 is 30.1 Å². The van der Waals surface area contributed by atoms with E-state index in [0.29, 0.717) is 5.06 Å². The van der Waals surface area contributed by atoms with Gasteiger partial charge in [0.25, 0.3) is 5.91 Å². The van der Waals surface area contributed by atoms with E-state index in [4.69, 9.17) is 4.74 Å². The molecule has 2 rings (SSSR count). The summed E-state index contributed by atoms with van der Waals surface area (Å²) in [5.74, 6) is -0.299. The molecule has 88 valence electrons. The molecule has 0 atom stereocenters. The summed E-state index contributed by atoms with van der Waals surface area (Å²) in [5.41, 5.74) is 0.971. The molecular formula is C10H9N3O2S2. The van der Waals surface area contributed by atoms with Gasteiger partial charge < -0.3 is 4.74 Å². The number of nitrogens with zero attached hydrogens (tertiary/aromatic N) is 2. The average molecular weight is 267 g/mol. The number of thiazole rings is 1. The van der Waals surface area contributed by atoms with Gasteiger partial charge in [0.05, 0.1) is 6.20 Å². The van der Waals surface area contributed by atoms with E-state index < -0.39 is 0 Å². The fourth-order valence-electron chi connectivity index (χ4n) is 1.12. The molecule has 0 aromatic carbocycles. The highest BCUT2D eigenvalue weighted by Crippen LogP contribution is 2.29. The standard InChI is InChI=1S/C10H9N3O2S2/c14-8(13-16)6-15-9-5-12-10(17-9)7-1-3-11-4-2-7/h1-5,16H,6H2,(H,13,14). The van der Waals surface area contributed by atoms with E-state index in [0.717, 1.165) is 10.6 Å². The number of ether oxygens (including phenoxy) is 1. The van der Waals surface area contributed by atoms with E-state index in [-0.39, 0.29) is 12.5 Å². The monoisotopic (exact) mass is 267 g/mol. The van der Waals surface area contributed by atoms with Gasteiger partial charge in [-0.3, -0.25) is 14.5 Å². The smallest absolute Gasteiger partial charge is 0.267 e. The molecule has 2 heterocycles. The number of carbonyl (C=O) groups is 1. The molecule has 7 heteroatoms. The van der Waals surface area contributed by atoms with Gasteiger partial charge in [0.1, 0.15) is 5.01 Å². The van der Waals surface area contributed by atoms with Crippen LogP contribution in [0.4, 0.5) is 0 Å². The normalized spacial score (nSPS) is 9.94. The summed E-state index contributed by atoms with van der Waals surface area (Å²) in [6, 6.07) is 3.73. The second-order valence-electron chi connectivity index (χ2n) is 3.04. The number of nitrogens with one attached hydrogen (secondary N) is 1. The molecule has 0 bridgehead atoms. The van der Waals surface area contributed by atoms with Crippen molar-refractivity contribution in [2.45, 2.75) is 0 Å². The van der Waals surface area contributed by atoms with Crippen molar-refractivity contribution in [3.63, 3.8) is 0 Å². The van der Waals surface area contributed by atoms with Gasteiger partial charge in [-0.25, -0.2) is 4.98 Å². The Morgan fingerprint density at radius 3 is 2.94 bits per heavy atom. The summed E-state index contributed by atoms with van der Waals surface area (Å²) in [4.78, 5) is 19.1. The zero-order valence-electron chi connectivity index (χ0n) is 8.66. The molecule has 0 aliphatic rings. The number of amides is 1. The molecule has 0 aliphatic carbocycles. The summed E-state index contributed by atoms with van der Waals surface area (Å²) >= 11 is 5.00. The summed E-state index contributed by atoms with van der Waals surface area (Å²) in [6.45, 7) is -0.0680. The van der Waals surface area contributed by atoms with Crippen molar-refractivity contribution in [1.82, 2.24) is 14.7 Å². The lowest BCUT2D eigenvalue weighted by Crippen LogP contribution is -2.20. The first-order valence-electron chi connectivity index (χ1n) is 4.71. The molecule has 0 spiro atoms. The highest BCUT2D eigenvalue weighted by molar-refractivity contribution is 7.78. The highest BCUT2D eigenvalue weighted by atomic mass is 32.1. The molecule has 1 amide bonds. The first-order valence-corrected chi connectivity index (χ1v) is 5.98. The van der Waals surface area contributed by atoms with Gasteiger partial charge in [-0.1, -0.05) is 24.2 Å². The molecule has 0 saturated heterocycles. The van der Waals surface area contributed by atoms with E-state index in [1.807, 2.05) is 12.1 Å². The largest absolute Gasteiger partial charge is 0.473 e. The predicted molar refractivity (Wildman–Crippen MR) is 68.0 cm³/mol. The van der Waals surface area contributed by atoms with Crippen LogP contribution in [0.2, 0.25) is 0 Å². The van der Waals surface area contributed by atoms with Crippen molar-refractivity contribution in [3.05, 3.63) is 30.7 Å². The maximum atomic E-state index is 10.9. The van der Waals surface area contributed by atoms with E-state index in [9.17, 15) is 4.79 Å². The Labute approximate surface area is 107 Å². The average Bonchev–Trinajstić information content (AvgIpc) is 2.86. The molecule has 17 heavy (non-hydrogen) atoms. The molecule has 2 aromatic rings. The quantitative estimate of drug-likeness (QED) is 0.825. The van der Waals surface area contributed by atoms with Crippen LogP contribution in [0.1, 0.15) is 0 Å². The second kappa shape index (κ2) is 5.65. The molecule has 5 nitrogen and oxygen atoms in total. The van der Waals surface area contributed by atoms with Crippen LogP contribution in [-0.2, 0) is 4.79 Å². The van der Waals surface area contributed by atoms with Crippen LogP contribution in [0.5, 0.6) is 5.06 Å². The van der Waals surface area contributed by atoms with Gasteiger partial charge in [-0.05, 0) is 12.1 Å². The summed E-state index contributed by atoms with van der Waals surface area (Å²) < 4.78 is 7.42. The number of hydrogen-bond donors (Lipinski definition) is 2. The minimum atomic E-state index is -0.299. The van der Waals surface area contributed by atoms with Crippen molar-refractivity contribution in [1.29, 1.82) is 0 Å². The summed E-state index contributed by atoms with van der Waals surface area (Å²) in [5, 5.41) is 1.42. The van der Waals surface area contributed by atoms with Gasteiger partial charge in [0.15, 0.2) is 11.7 Å². The van der Waals surface area contributed by atoms with Crippen molar-refractivity contribution in [2.75, 3.05) is 6.61 Å². The number of pyridine rings is 1. The lowest BCUT2D eigenvalue weighted by atomic mass is 10.3. The molecule has 1 N–H and O–H groups in total. The zero-order chi connectivity index (χ0) is 12.1. The Morgan fingerprint density at radius 2 is 2.24 bits per heavy atom. The van der Waals surface area contributed by atoms with E-state index >= 15 is 0 Å². The third kappa shape index (κ3) is 3.18. The SMILES string of the molecule is O=C(COc1cnc(-c2ccncc2)s1)NS. The lowest BCUT2D eigenvalue weighted by Gasteiger charge is -1.99. The van der Waals surface area contributed by atoms with Gasteiger partial charge in [0, 0.05) is 18.0 Å². The second-order valence-corrected chi connectivity index (χ2v) is 4.26. The predicted octanol–water partition coefficient (Wildman–Crippen LogP) is 1.54. The van der Waals surface area contributed by atoms with Gasteiger partial charge in [0.2, 0.25) is 0 Å². The lowest BCUT2D eigenvalue weighted by molar-refractivity contribution is -0.121. The topological polar surface area (TPSA) is 64.1 Å². The van der Waals surface area contributed by atoms with Crippen LogP contribution < -0.4 is 9.46 Å². The van der Waals surface area contributed by atoms with E-state index in [1.165, 1.54) is 11.3 Å². The number of thiol groups is 1. The minimum absolute atomic E-state index is 0.0680. The van der Waals surface area contributed by atoms with Crippen LogP contribution in [0.3, 0.4) is 0 Å². The van der Waals surface area contributed by atoms with Gasteiger partial charge >= 0.3 is 0 Å². The number of aromatic nitrogens is 2. The fourth-order valence-corrected chi connectivity index (χ4v) is 1.96. The summed E-state index contributed by atoms with van der Waals surface area (Å²) in [7, 11) is 0. The van der Waals surface area contributed by atoms with Crippen LogP contribution in [0.15, 0.2) is 30.7 Å². The Bertz CT molecular complexity index is 501. The Kier molecular flexibility index (Phi) is 3.94. The molecule has 0 radical (unpaired) electrons. The zero-order valence-corrected chi connectivity index (χ0v) is 10.4. The number of hydrogen-bond acceptors (Lipinski definition) is 6. The molecule has 0 unspecified atom stereocenters. The number of carbonyl (C=O) groups excluding carboxylic acids is 1. The van der Waals surface area contributed by atoms with Crippen LogP contribution in [0, 0.1) is 0 Å². The van der Waals surface area contributed by atoms with Crippen molar-refractivity contribution in [3.8, 4) is 15.6 Å². The van der Waals surface area contributed by atoms with Crippen molar-refractivity contribution < 1.29 is 9.53 Å². The van der Waals surface area contributed by atoms with E-state index in [1.54, 1.807) is 18.6 Å². The summed E-state index contributed by atoms with van der Waals surface area (Å²) in [6.07, 6.45) is 4.99. The maximum absolute atomic E-state index is 10.9. The minimum Gasteiger partial charge on any atom is -0.473 e. The Morgan fingerprint density at radius 1 is 1.47 bits per heavy atom. The van der Waals surface area contributed by atoms with Crippen molar-refractivity contribution in [2.24, 2.45) is 0 Å². The molecule has 0 aliphatic heterocycles. The van der Waals surface area contributed by atoms with Gasteiger partial charge in [-0.2, -0.15) is 0 Å². The van der Waals surface area contributed by atoms with Gasteiger partial charge in [-0.15, -0.1) is 0 Å². The molecule has 0 fully saturated rings. The van der Waals surface area contributed by atoms with Crippen LogP contribution >= 0.6 is 24.2 Å². The third-order valence-electron chi connectivity index (χ3n) is 1.88. The van der Waals surface area contributed by atoms with E-state index in [2.05, 4.69) is 27.5 Å². The van der Waals surface area contributed by atoms with Crippen LogP contribution in [-0.4, -0.2) is 22.5 Å². The first kappa shape index (κ1) is 11.9. The molecule has 2 aromatic heterocycles. The number of rotatable bonds is 4. The fraction of sp³-hybridized carbons (Fsp3) is 0.100. The highest BCUT2D eigenvalue weighted by Gasteiger charge is 2.06.